The van der Waals surface area contributed by atoms with Crippen LogP contribution in [0.1, 0.15) is 43.6 Å². The molecule has 1 heterocycles. The Hall–Kier alpha value is -2.25. The third-order valence-electron chi connectivity index (χ3n) is 5.00. The van der Waals surface area contributed by atoms with Gasteiger partial charge in [0, 0.05) is 24.9 Å². The van der Waals surface area contributed by atoms with Crippen molar-refractivity contribution >= 4 is 5.69 Å². The van der Waals surface area contributed by atoms with Crippen LogP contribution in [0.5, 0.6) is 5.75 Å². The number of anilines is 1. The first kappa shape index (κ1) is 21.5. The molecule has 1 N–H and O–H groups in total. The molecule has 4 nitrogen and oxygen atoms in total. The summed E-state index contributed by atoms with van der Waals surface area (Å²) in [6.45, 7) is 6.78. The minimum Gasteiger partial charge on any atom is -0.485 e. The molecule has 2 aromatic rings. The predicted octanol–water partition coefficient (Wildman–Crippen LogP) is 5.58. The lowest BCUT2D eigenvalue weighted by atomic mass is 9.88. The van der Waals surface area contributed by atoms with Crippen LogP contribution in [0.25, 0.3) is 0 Å². The second-order valence-corrected chi connectivity index (χ2v) is 7.57. The van der Waals surface area contributed by atoms with Gasteiger partial charge in [-0.3, -0.25) is 0 Å². The van der Waals surface area contributed by atoms with E-state index in [0.29, 0.717) is 5.56 Å². The predicted molar refractivity (Wildman–Crippen MR) is 105 cm³/mol. The third kappa shape index (κ3) is 4.67. The van der Waals surface area contributed by atoms with Gasteiger partial charge in [0.2, 0.25) is 0 Å². The average molecular weight is 409 g/mol. The molecule has 2 aromatic carbocycles. The fourth-order valence-corrected chi connectivity index (χ4v) is 3.56. The van der Waals surface area contributed by atoms with Gasteiger partial charge in [0.25, 0.3) is 0 Å². The van der Waals surface area contributed by atoms with Crippen LogP contribution in [-0.2, 0) is 22.3 Å². The van der Waals surface area contributed by atoms with Gasteiger partial charge in [0.05, 0.1) is 12.2 Å². The Morgan fingerprint density at radius 1 is 1.10 bits per heavy atom. The summed E-state index contributed by atoms with van der Waals surface area (Å²) in [5.74, 6) is 0.734. The van der Waals surface area contributed by atoms with E-state index in [4.69, 9.17) is 14.2 Å². The molecule has 0 bridgehead atoms. The molecule has 0 fully saturated rings. The quantitative estimate of drug-likeness (QED) is 0.676. The molecule has 3 rings (SSSR count). The highest BCUT2D eigenvalue weighted by atomic mass is 19.4. The average Bonchev–Trinajstić information content (AvgIpc) is 2.65. The summed E-state index contributed by atoms with van der Waals surface area (Å²) in [6, 6.07) is 10.8. The maximum atomic E-state index is 12.8. The molecule has 0 aromatic heterocycles. The lowest BCUT2D eigenvalue weighted by Gasteiger charge is -2.44. The monoisotopic (exact) mass is 409 g/mol. The zero-order valence-electron chi connectivity index (χ0n) is 17.0. The molecule has 0 amide bonds. The summed E-state index contributed by atoms with van der Waals surface area (Å²) < 4.78 is 56.3. The van der Waals surface area contributed by atoms with Crippen molar-refractivity contribution in [2.45, 2.75) is 51.4 Å². The Morgan fingerprint density at radius 2 is 1.79 bits per heavy atom. The maximum Gasteiger partial charge on any atom is 0.416 e. The molecule has 1 aliphatic rings. The summed E-state index contributed by atoms with van der Waals surface area (Å²) in [6.07, 6.45) is -5.17. The van der Waals surface area contributed by atoms with Crippen molar-refractivity contribution in [1.82, 2.24) is 0 Å². The first-order chi connectivity index (χ1) is 13.7. The zero-order chi connectivity index (χ0) is 21.2. The number of alkyl halides is 3. The van der Waals surface area contributed by atoms with Crippen molar-refractivity contribution in [2.75, 3.05) is 19.0 Å². The van der Waals surface area contributed by atoms with Gasteiger partial charge in [-0.15, -0.1) is 0 Å². The van der Waals surface area contributed by atoms with E-state index in [-0.39, 0.29) is 12.7 Å². The van der Waals surface area contributed by atoms with E-state index in [0.717, 1.165) is 35.7 Å². The molecule has 0 spiro atoms. The lowest BCUT2D eigenvalue weighted by Crippen LogP contribution is -2.50. The van der Waals surface area contributed by atoms with E-state index in [9.17, 15) is 13.2 Å². The molecule has 7 heteroatoms. The molecular formula is C22H26F3NO3. The number of rotatable bonds is 6. The highest BCUT2D eigenvalue weighted by molar-refractivity contribution is 5.53. The Balaban J connectivity index is 1.81. The largest absolute Gasteiger partial charge is 0.485 e. The van der Waals surface area contributed by atoms with Crippen LogP contribution in [-0.4, -0.2) is 25.4 Å². The Labute approximate surface area is 169 Å². The summed E-state index contributed by atoms with van der Waals surface area (Å²) in [5, 5.41) is 3.27. The molecule has 29 heavy (non-hydrogen) atoms. The molecule has 0 saturated heterocycles. The van der Waals surface area contributed by atoms with Crippen molar-refractivity contribution in [2.24, 2.45) is 0 Å². The fourth-order valence-electron chi connectivity index (χ4n) is 3.56. The normalized spacial score (nSPS) is 20.7. The molecule has 1 aliphatic heterocycles. The molecule has 158 valence electrons. The summed E-state index contributed by atoms with van der Waals surface area (Å²) in [7, 11) is 1.62. The highest BCUT2D eigenvalue weighted by Gasteiger charge is 2.45. The Morgan fingerprint density at radius 3 is 2.38 bits per heavy atom. The van der Waals surface area contributed by atoms with Crippen molar-refractivity contribution in [1.29, 1.82) is 0 Å². The van der Waals surface area contributed by atoms with Gasteiger partial charge in [-0.05, 0) is 56.7 Å². The fraction of sp³-hybridized carbons (Fsp3) is 0.455. The SMILES string of the molecule is CCNc1ccc2c(c1)C(OC)C(OCc1ccc(C(F)(F)F)cc1)C(C)(C)O2. The minimum atomic E-state index is -4.35. The molecule has 0 radical (unpaired) electrons. The van der Waals surface area contributed by atoms with Gasteiger partial charge >= 0.3 is 6.18 Å². The van der Waals surface area contributed by atoms with Crippen LogP contribution < -0.4 is 10.1 Å². The van der Waals surface area contributed by atoms with Gasteiger partial charge in [0.15, 0.2) is 0 Å². The van der Waals surface area contributed by atoms with Crippen LogP contribution in [0, 0.1) is 0 Å². The van der Waals surface area contributed by atoms with Crippen molar-refractivity contribution < 1.29 is 27.4 Å². The van der Waals surface area contributed by atoms with E-state index in [1.54, 1.807) is 7.11 Å². The van der Waals surface area contributed by atoms with Crippen LogP contribution in [0.2, 0.25) is 0 Å². The standard InChI is InChI=1S/C22H26F3NO3/c1-5-26-16-10-11-18-17(12-16)19(27-4)20(21(2,3)29-18)28-13-14-6-8-15(9-7-14)22(23,24)25/h6-12,19-20,26H,5,13H2,1-4H3. The Kier molecular flexibility index (Phi) is 6.10. The number of hydrogen-bond donors (Lipinski definition) is 1. The third-order valence-corrected chi connectivity index (χ3v) is 5.00. The van der Waals surface area contributed by atoms with Crippen LogP contribution in [0.4, 0.5) is 18.9 Å². The van der Waals surface area contributed by atoms with Crippen LogP contribution in [0.3, 0.4) is 0 Å². The van der Waals surface area contributed by atoms with Gasteiger partial charge in [-0.1, -0.05) is 12.1 Å². The van der Waals surface area contributed by atoms with E-state index in [2.05, 4.69) is 5.32 Å². The first-order valence-electron chi connectivity index (χ1n) is 9.53. The van der Waals surface area contributed by atoms with E-state index < -0.39 is 23.4 Å². The van der Waals surface area contributed by atoms with Gasteiger partial charge in [-0.2, -0.15) is 13.2 Å². The zero-order valence-corrected chi connectivity index (χ0v) is 17.0. The first-order valence-corrected chi connectivity index (χ1v) is 9.53. The van der Waals surface area contributed by atoms with E-state index >= 15 is 0 Å². The van der Waals surface area contributed by atoms with Crippen molar-refractivity contribution in [3.8, 4) is 5.75 Å². The van der Waals surface area contributed by atoms with Gasteiger partial charge < -0.3 is 19.5 Å². The number of methoxy groups -OCH3 is 1. The number of benzene rings is 2. The molecule has 0 aliphatic carbocycles. The van der Waals surface area contributed by atoms with Crippen LogP contribution >= 0.6 is 0 Å². The summed E-state index contributed by atoms with van der Waals surface area (Å²) in [5.41, 5.74) is 1.12. The topological polar surface area (TPSA) is 39.7 Å². The number of ether oxygens (including phenoxy) is 3. The van der Waals surface area contributed by atoms with E-state index in [1.165, 1.54) is 12.1 Å². The van der Waals surface area contributed by atoms with Crippen molar-refractivity contribution in [3.05, 3.63) is 59.2 Å². The number of hydrogen-bond acceptors (Lipinski definition) is 4. The van der Waals surface area contributed by atoms with Gasteiger partial charge in [0.1, 0.15) is 23.6 Å². The molecular weight excluding hydrogens is 383 g/mol. The molecule has 0 saturated carbocycles. The van der Waals surface area contributed by atoms with Crippen LogP contribution in [0.15, 0.2) is 42.5 Å². The van der Waals surface area contributed by atoms with Crippen molar-refractivity contribution in [3.63, 3.8) is 0 Å². The lowest BCUT2D eigenvalue weighted by molar-refractivity contribution is -0.159. The smallest absolute Gasteiger partial charge is 0.416 e. The highest BCUT2D eigenvalue weighted by Crippen LogP contribution is 2.44. The summed E-state index contributed by atoms with van der Waals surface area (Å²) in [4.78, 5) is 0. The number of nitrogens with one attached hydrogen (secondary N) is 1. The molecule has 2 unspecified atom stereocenters. The summed E-state index contributed by atoms with van der Waals surface area (Å²) >= 11 is 0. The maximum absolute atomic E-state index is 12.8. The minimum absolute atomic E-state index is 0.150. The second kappa shape index (κ2) is 8.24. The van der Waals surface area contributed by atoms with E-state index in [1.807, 2.05) is 39.0 Å². The number of fused-ring (bicyclic) bond motifs is 1. The number of halogens is 3. The van der Waals surface area contributed by atoms with Gasteiger partial charge in [-0.25, -0.2) is 0 Å². The molecule has 2 atom stereocenters. The Bertz CT molecular complexity index is 834. The second-order valence-electron chi connectivity index (χ2n) is 7.57.